The number of hydrogen-bond donors (Lipinski definition) is 0. The maximum atomic E-state index is 5.75. The van der Waals surface area contributed by atoms with E-state index < -0.39 is 0 Å². The number of piperidine rings is 1. The summed E-state index contributed by atoms with van der Waals surface area (Å²) in [5, 5.41) is 4.55. The van der Waals surface area contributed by atoms with E-state index >= 15 is 0 Å². The van der Waals surface area contributed by atoms with Gasteiger partial charge in [-0.3, -0.25) is 4.90 Å². The number of hydrogen-bond acceptors (Lipinski definition) is 6. The van der Waals surface area contributed by atoms with Gasteiger partial charge in [0, 0.05) is 12.1 Å². The van der Waals surface area contributed by atoms with Gasteiger partial charge in [-0.1, -0.05) is 0 Å². The molecule has 4 heterocycles. The van der Waals surface area contributed by atoms with Crippen molar-refractivity contribution in [1.29, 1.82) is 0 Å². The molecule has 0 spiro atoms. The average Bonchev–Trinajstić information content (AvgIpc) is 3.37. The van der Waals surface area contributed by atoms with Crippen LogP contribution in [0.25, 0.3) is 5.69 Å². The van der Waals surface area contributed by atoms with Crippen molar-refractivity contribution in [2.24, 2.45) is 0 Å². The summed E-state index contributed by atoms with van der Waals surface area (Å²) in [4.78, 5) is 9.78. The molecule has 3 aliphatic heterocycles. The van der Waals surface area contributed by atoms with E-state index in [2.05, 4.69) is 26.9 Å². The van der Waals surface area contributed by atoms with Gasteiger partial charge in [0.05, 0.1) is 11.7 Å². The summed E-state index contributed by atoms with van der Waals surface area (Å²) < 4.78 is 13.4. The quantitative estimate of drug-likeness (QED) is 0.827. The van der Waals surface area contributed by atoms with Crippen LogP contribution in [0, 0.1) is 0 Å². The van der Waals surface area contributed by atoms with E-state index in [-0.39, 0.29) is 0 Å². The van der Waals surface area contributed by atoms with Crippen LogP contribution in [-0.2, 0) is 0 Å². The summed E-state index contributed by atoms with van der Waals surface area (Å²) in [5.41, 5.74) is 0.988. The Labute approximate surface area is 159 Å². The van der Waals surface area contributed by atoms with Crippen LogP contribution in [0.3, 0.4) is 0 Å². The van der Waals surface area contributed by atoms with Crippen LogP contribution in [0.4, 0.5) is 0 Å². The van der Waals surface area contributed by atoms with Gasteiger partial charge >= 0.3 is 0 Å². The highest BCUT2D eigenvalue weighted by Gasteiger charge is 2.36. The lowest BCUT2D eigenvalue weighted by atomic mass is 10.0. The Morgan fingerprint density at radius 1 is 1.00 bits per heavy atom. The SMILES string of the molecule is CN1CCC(N2CCC[C@H]2c2ncnn2-c2ccc3c(c2)OCCO3)CC1. The first-order valence-electron chi connectivity index (χ1n) is 10.0. The lowest BCUT2D eigenvalue weighted by Gasteiger charge is -2.38. The minimum Gasteiger partial charge on any atom is -0.486 e. The van der Waals surface area contributed by atoms with Crippen molar-refractivity contribution in [2.75, 3.05) is 39.9 Å². The van der Waals surface area contributed by atoms with Gasteiger partial charge in [-0.25, -0.2) is 9.67 Å². The summed E-state index contributed by atoms with van der Waals surface area (Å²) in [6.45, 7) is 4.72. The van der Waals surface area contributed by atoms with Gasteiger partial charge in [0.15, 0.2) is 11.5 Å². The Bertz CT molecular complexity index is 799. The number of nitrogens with zero attached hydrogens (tertiary/aromatic N) is 5. The minimum atomic E-state index is 0.342. The Morgan fingerprint density at radius 2 is 1.81 bits per heavy atom. The van der Waals surface area contributed by atoms with Crippen LogP contribution < -0.4 is 9.47 Å². The second kappa shape index (κ2) is 7.13. The van der Waals surface area contributed by atoms with Crippen molar-refractivity contribution in [3.8, 4) is 17.2 Å². The van der Waals surface area contributed by atoms with Crippen LogP contribution in [-0.4, -0.2) is 70.5 Å². The summed E-state index contributed by atoms with van der Waals surface area (Å²) in [7, 11) is 2.22. The van der Waals surface area contributed by atoms with Gasteiger partial charge in [-0.15, -0.1) is 0 Å². The van der Waals surface area contributed by atoms with Crippen LogP contribution in [0.15, 0.2) is 24.5 Å². The molecule has 27 heavy (non-hydrogen) atoms. The Balaban J connectivity index is 1.42. The smallest absolute Gasteiger partial charge is 0.163 e. The van der Waals surface area contributed by atoms with Gasteiger partial charge in [0.25, 0.3) is 0 Å². The zero-order chi connectivity index (χ0) is 18.2. The van der Waals surface area contributed by atoms with Gasteiger partial charge in [0.1, 0.15) is 25.4 Å². The molecule has 5 rings (SSSR count). The van der Waals surface area contributed by atoms with Gasteiger partial charge in [0.2, 0.25) is 0 Å². The monoisotopic (exact) mass is 369 g/mol. The largest absolute Gasteiger partial charge is 0.486 e. The summed E-state index contributed by atoms with van der Waals surface area (Å²) in [6.07, 6.45) is 6.54. The van der Waals surface area contributed by atoms with Crippen LogP contribution in [0.1, 0.15) is 37.5 Å². The molecule has 2 aromatic rings. The second-order valence-corrected chi connectivity index (χ2v) is 7.79. The molecule has 1 aromatic heterocycles. The molecule has 7 nitrogen and oxygen atoms in total. The third-order valence-electron chi connectivity index (χ3n) is 6.09. The molecule has 0 aliphatic carbocycles. The Hall–Kier alpha value is -2.12. The fraction of sp³-hybridized carbons (Fsp3) is 0.600. The minimum absolute atomic E-state index is 0.342. The molecule has 7 heteroatoms. The topological polar surface area (TPSA) is 55.7 Å². The molecule has 2 fully saturated rings. The molecule has 0 unspecified atom stereocenters. The number of fused-ring (bicyclic) bond motifs is 1. The van der Waals surface area contributed by atoms with Gasteiger partial charge < -0.3 is 14.4 Å². The molecule has 144 valence electrons. The molecule has 0 amide bonds. The molecule has 0 N–H and O–H groups in total. The molecule has 0 radical (unpaired) electrons. The second-order valence-electron chi connectivity index (χ2n) is 7.79. The average molecular weight is 369 g/mol. The van der Waals surface area contributed by atoms with E-state index in [0.29, 0.717) is 25.3 Å². The maximum absolute atomic E-state index is 5.75. The normalized spacial score (nSPS) is 24.4. The molecule has 1 atom stereocenters. The van der Waals surface area contributed by atoms with E-state index in [4.69, 9.17) is 9.47 Å². The fourth-order valence-corrected chi connectivity index (χ4v) is 4.67. The lowest BCUT2D eigenvalue weighted by molar-refractivity contribution is 0.106. The Kier molecular flexibility index (Phi) is 4.49. The molecule has 2 saturated heterocycles. The molecule has 1 aromatic carbocycles. The maximum Gasteiger partial charge on any atom is 0.163 e. The lowest BCUT2D eigenvalue weighted by Crippen LogP contribution is -2.43. The Morgan fingerprint density at radius 3 is 2.67 bits per heavy atom. The van der Waals surface area contributed by atoms with Crippen molar-refractivity contribution >= 4 is 0 Å². The molecule has 3 aliphatic rings. The van der Waals surface area contributed by atoms with Gasteiger partial charge in [-0.05, 0) is 64.5 Å². The van der Waals surface area contributed by atoms with Crippen molar-refractivity contribution in [3.63, 3.8) is 0 Å². The molecule has 0 saturated carbocycles. The molecular formula is C20H27N5O2. The predicted molar refractivity (Wildman–Crippen MR) is 102 cm³/mol. The first-order chi connectivity index (χ1) is 13.3. The third-order valence-corrected chi connectivity index (χ3v) is 6.09. The summed E-state index contributed by atoms with van der Waals surface area (Å²) >= 11 is 0. The highest BCUT2D eigenvalue weighted by Crippen LogP contribution is 2.37. The van der Waals surface area contributed by atoms with E-state index in [9.17, 15) is 0 Å². The molecule has 0 bridgehead atoms. The number of rotatable bonds is 3. The van der Waals surface area contributed by atoms with Crippen LogP contribution in [0.2, 0.25) is 0 Å². The molecular weight excluding hydrogens is 342 g/mol. The predicted octanol–water partition coefficient (Wildman–Crippen LogP) is 2.27. The zero-order valence-corrected chi connectivity index (χ0v) is 15.9. The number of benzene rings is 1. The number of aromatic nitrogens is 3. The van der Waals surface area contributed by atoms with Gasteiger partial charge in [-0.2, -0.15) is 5.10 Å². The van der Waals surface area contributed by atoms with Crippen molar-refractivity contribution in [2.45, 2.75) is 37.8 Å². The van der Waals surface area contributed by atoms with Crippen LogP contribution >= 0.6 is 0 Å². The van der Waals surface area contributed by atoms with Crippen LogP contribution in [0.5, 0.6) is 11.5 Å². The highest BCUT2D eigenvalue weighted by atomic mass is 16.6. The first-order valence-corrected chi connectivity index (χ1v) is 10.0. The zero-order valence-electron chi connectivity index (χ0n) is 15.9. The van der Waals surface area contributed by atoms with Crippen molar-refractivity contribution in [3.05, 3.63) is 30.4 Å². The van der Waals surface area contributed by atoms with E-state index in [1.54, 1.807) is 6.33 Å². The number of ether oxygens (including phenoxy) is 2. The van der Waals surface area contributed by atoms with Crippen molar-refractivity contribution < 1.29 is 9.47 Å². The standard InChI is InChI=1S/C20H27N5O2/c1-23-9-6-15(7-10-23)24-8-2-3-17(24)20-21-14-22-25(20)16-4-5-18-19(13-16)27-12-11-26-18/h4-5,13-15,17H,2-3,6-12H2,1H3/t17-/m0/s1. The number of likely N-dealkylation sites (tertiary alicyclic amines) is 2. The van der Waals surface area contributed by atoms with Crippen molar-refractivity contribution in [1.82, 2.24) is 24.6 Å². The van der Waals surface area contributed by atoms with E-state index in [1.165, 1.54) is 32.4 Å². The van der Waals surface area contributed by atoms with E-state index in [1.807, 2.05) is 22.9 Å². The highest BCUT2D eigenvalue weighted by molar-refractivity contribution is 5.49. The first kappa shape index (κ1) is 17.0. The van der Waals surface area contributed by atoms with E-state index in [0.717, 1.165) is 36.0 Å². The third kappa shape index (κ3) is 3.19. The fourth-order valence-electron chi connectivity index (χ4n) is 4.67. The summed E-state index contributed by atoms with van der Waals surface area (Å²) in [5.74, 6) is 2.64. The summed E-state index contributed by atoms with van der Waals surface area (Å²) in [6, 6.07) is 7.02.